The van der Waals surface area contributed by atoms with Gasteiger partial charge in [-0.3, -0.25) is 4.98 Å². The van der Waals surface area contributed by atoms with Crippen LogP contribution >= 0.6 is 0 Å². The van der Waals surface area contributed by atoms with Crippen molar-refractivity contribution >= 4 is 26.9 Å². The number of benzene rings is 1. The summed E-state index contributed by atoms with van der Waals surface area (Å²) in [5, 5.41) is 0.967. The summed E-state index contributed by atoms with van der Waals surface area (Å²) < 4.78 is 33.8. The van der Waals surface area contributed by atoms with Gasteiger partial charge < -0.3 is 9.30 Å². The molecule has 0 N–H and O–H groups in total. The SMILES string of the molecule is Cn1cc(S(=O)(=O)N2CCCC2)cc1C(=O)OCc1cccc2cccnc12. The van der Waals surface area contributed by atoms with Crippen molar-refractivity contribution in [3.05, 3.63) is 60.0 Å². The van der Waals surface area contributed by atoms with Crippen LogP contribution < -0.4 is 0 Å². The summed E-state index contributed by atoms with van der Waals surface area (Å²) in [4.78, 5) is 17.0. The Morgan fingerprint density at radius 3 is 2.71 bits per heavy atom. The van der Waals surface area contributed by atoms with Gasteiger partial charge >= 0.3 is 5.97 Å². The fourth-order valence-electron chi connectivity index (χ4n) is 3.46. The van der Waals surface area contributed by atoms with E-state index in [9.17, 15) is 13.2 Å². The van der Waals surface area contributed by atoms with Gasteiger partial charge in [-0.05, 0) is 25.0 Å². The fourth-order valence-corrected chi connectivity index (χ4v) is 5.05. The van der Waals surface area contributed by atoms with Crippen molar-refractivity contribution in [1.82, 2.24) is 13.9 Å². The molecule has 3 heterocycles. The van der Waals surface area contributed by atoms with Crippen LogP contribution in [0.4, 0.5) is 0 Å². The maximum Gasteiger partial charge on any atom is 0.355 e. The summed E-state index contributed by atoms with van der Waals surface area (Å²) >= 11 is 0. The second-order valence-electron chi connectivity index (χ2n) is 6.85. The molecular formula is C20H21N3O4S. The summed E-state index contributed by atoms with van der Waals surface area (Å²) in [6.45, 7) is 1.10. The highest BCUT2D eigenvalue weighted by atomic mass is 32.2. The smallest absolute Gasteiger partial charge is 0.355 e. The summed E-state index contributed by atoms with van der Waals surface area (Å²) in [5.41, 5.74) is 1.78. The van der Waals surface area contributed by atoms with Crippen molar-refractivity contribution in [2.45, 2.75) is 24.3 Å². The van der Waals surface area contributed by atoms with Gasteiger partial charge in [-0.2, -0.15) is 4.31 Å². The maximum absolute atomic E-state index is 12.7. The Bertz CT molecular complexity index is 1130. The van der Waals surface area contributed by atoms with Gasteiger partial charge in [0.25, 0.3) is 0 Å². The number of ether oxygens (including phenoxy) is 1. The number of nitrogens with zero attached hydrogens (tertiary/aromatic N) is 3. The van der Waals surface area contributed by atoms with E-state index in [1.54, 1.807) is 13.2 Å². The zero-order valence-corrected chi connectivity index (χ0v) is 16.4. The van der Waals surface area contributed by atoms with Crippen LogP contribution in [0.3, 0.4) is 0 Å². The Balaban J connectivity index is 1.53. The number of para-hydroxylation sites is 1. The topological polar surface area (TPSA) is 81.5 Å². The summed E-state index contributed by atoms with van der Waals surface area (Å²) in [6, 6.07) is 10.9. The molecular weight excluding hydrogens is 378 g/mol. The van der Waals surface area contributed by atoms with E-state index in [1.807, 2.05) is 30.3 Å². The third-order valence-electron chi connectivity index (χ3n) is 4.97. The lowest BCUT2D eigenvalue weighted by molar-refractivity contribution is 0.0463. The van der Waals surface area contributed by atoms with Crippen molar-refractivity contribution in [3.63, 3.8) is 0 Å². The first kappa shape index (κ1) is 18.6. The number of rotatable bonds is 5. The van der Waals surface area contributed by atoms with E-state index >= 15 is 0 Å². The molecule has 0 radical (unpaired) electrons. The molecule has 1 aromatic carbocycles. The third-order valence-corrected chi connectivity index (χ3v) is 6.83. The van der Waals surface area contributed by atoms with Crippen LogP contribution in [0, 0.1) is 0 Å². The number of fused-ring (bicyclic) bond motifs is 1. The number of aryl methyl sites for hydroxylation is 1. The molecule has 0 unspecified atom stereocenters. The number of pyridine rings is 1. The van der Waals surface area contributed by atoms with E-state index in [4.69, 9.17) is 4.74 Å². The minimum atomic E-state index is -3.58. The Labute approximate surface area is 163 Å². The molecule has 0 amide bonds. The van der Waals surface area contributed by atoms with Crippen LogP contribution in [0.25, 0.3) is 10.9 Å². The van der Waals surface area contributed by atoms with E-state index in [-0.39, 0.29) is 17.2 Å². The summed E-state index contributed by atoms with van der Waals surface area (Å²) in [6.07, 6.45) is 4.88. The lowest BCUT2D eigenvalue weighted by Crippen LogP contribution is -2.27. The molecule has 7 nitrogen and oxygen atoms in total. The van der Waals surface area contributed by atoms with Crippen LogP contribution in [0.5, 0.6) is 0 Å². The van der Waals surface area contributed by atoms with Gasteiger partial charge in [0, 0.05) is 43.5 Å². The van der Waals surface area contributed by atoms with Gasteiger partial charge in [0.1, 0.15) is 17.2 Å². The second-order valence-corrected chi connectivity index (χ2v) is 8.79. The average molecular weight is 399 g/mol. The quantitative estimate of drug-likeness (QED) is 0.616. The number of hydrogen-bond donors (Lipinski definition) is 0. The molecule has 0 saturated carbocycles. The number of carbonyl (C=O) groups is 1. The van der Waals surface area contributed by atoms with Gasteiger partial charge in [0.2, 0.25) is 10.0 Å². The Morgan fingerprint density at radius 2 is 1.93 bits per heavy atom. The minimum Gasteiger partial charge on any atom is -0.456 e. The van der Waals surface area contributed by atoms with Crippen molar-refractivity contribution in [2.24, 2.45) is 7.05 Å². The highest BCUT2D eigenvalue weighted by Crippen LogP contribution is 2.23. The number of sulfonamides is 1. The van der Waals surface area contributed by atoms with Crippen molar-refractivity contribution in [2.75, 3.05) is 13.1 Å². The van der Waals surface area contributed by atoms with Crippen LogP contribution in [0.1, 0.15) is 28.9 Å². The number of hydrogen-bond acceptors (Lipinski definition) is 5. The Hall–Kier alpha value is -2.71. The first-order chi connectivity index (χ1) is 13.5. The predicted molar refractivity (Wildman–Crippen MR) is 104 cm³/mol. The largest absolute Gasteiger partial charge is 0.456 e. The van der Waals surface area contributed by atoms with Crippen molar-refractivity contribution in [1.29, 1.82) is 0 Å². The van der Waals surface area contributed by atoms with E-state index in [0.717, 1.165) is 29.3 Å². The lowest BCUT2D eigenvalue weighted by atomic mass is 10.1. The van der Waals surface area contributed by atoms with Crippen LogP contribution in [0.15, 0.2) is 53.7 Å². The fraction of sp³-hybridized carbons (Fsp3) is 0.300. The molecule has 3 aromatic rings. The van der Waals surface area contributed by atoms with E-state index in [2.05, 4.69) is 4.98 Å². The molecule has 1 aliphatic rings. The number of carbonyl (C=O) groups excluding carboxylic acids is 1. The zero-order valence-electron chi connectivity index (χ0n) is 15.5. The predicted octanol–water partition coefficient (Wildman–Crippen LogP) is 2.71. The monoisotopic (exact) mass is 399 g/mol. The molecule has 4 rings (SSSR count). The van der Waals surface area contributed by atoms with E-state index in [1.165, 1.54) is 21.1 Å². The second kappa shape index (κ2) is 7.37. The molecule has 1 aliphatic heterocycles. The number of esters is 1. The lowest BCUT2D eigenvalue weighted by Gasteiger charge is -2.13. The molecule has 8 heteroatoms. The highest BCUT2D eigenvalue weighted by molar-refractivity contribution is 7.89. The standard InChI is InChI=1S/C20H21N3O4S/c1-22-13-17(28(25,26)23-10-2-3-11-23)12-18(22)20(24)27-14-16-7-4-6-15-8-5-9-21-19(15)16/h4-9,12-13H,2-3,10-11,14H2,1H3. The van der Waals surface area contributed by atoms with Gasteiger partial charge in [0.05, 0.1) is 5.52 Å². The molecule has 146 valence electrons. The zero-order chi connectivity index (χ0) is 19.7. The summed E-state index contributed by atoms with van der Waals surface area (Å²) in [5.74, 6) is -0.571. The van der Waals surface area contributed by atoms with Gasteiger partial charge in [-0.25, -0.2) is 13.2 Å². The molecule has 0 bridgehead atoms. The van der Waals surface area contributed by atoms with Crippen LogP contribution in [-0.2, 0) is 28.4 Å². The van der Waals surface area contributed by atoms with E-state index < -0.39 is 16.0 Å². The van der Waals surface area contributed by atoms with Crippen molar-refractivity contribution in [3.8, 4) is 0 Å². The molecule has 1 saturated heterocycles. The molecule has 0 atom stereocenters. The molecule has 0 aliphatic carbocycles. The van der Waals surface area contributed by atoms with Gasteiger partial charge in [-0.1, -0.05) is 24.3 Å². The Morgan fingerprint density at radius 1 is 1.18 bits per heavy atom. The van der Waals surface area contributed by atoms with Gasteiger partial charge in [-0.15, -0.1) is 0 Å². The van der Waals surface area contributed by atoms with Gasteiger partial charge in [0.15, 0.2) is 0 Å². The summed E-state index contributed by atoms with van der Waals surface area (Å²) in [7, 11) is -1.94. The minimum absolute atomic E-state index is 0.0621. The highest BCUT2D eigenvalue weighted by Gasteiger charge is 2.29. The third kappa shape index (κ3) is 3.41. The van der Waals surface area contributed by atoms with Crippen molar-refractivity contribution < 1.29 is 17.9 Å². The normalized spacial score (nSPS) is 15.2. The van der Waals surface area contributed by atoms with Crippen LogP contribution in [-0.4, -0.2) is 41.3 Å². The maximum atomic E-state index is 12.7. The molecule has 2 aromatic heterocycles. The first-order valence-corrected chi connectivity index (χ1v) is 10.6. The average Bonchev–Trinajstić information content (AvgIpc) is 3.36. The van der Waals surface area contributed by atoms with Crippen LogP contribution in [0.2, 0.25) is 0 Å². The van der Waals surface area contributed by atoms with E-state index in [0.29, 0.717) is 13.1 Å². The Kier molecular flexibility index (Phi) is 4.91. The molecule has 1 fully saturated rings. The molecule has 28 heavy (non-hydrogen) atoms. The first-order valence-electron chi connectivity index (χ1n) is 9.13. The number of aromatic nitrogens is 2. The molecule has 0 spiro atoms.